The largest absolute Gasteiger partial charge is 0.379 e. The quantitative estimate of drug-likeness (QED) is 0.396. The van der Waals surface area contributed by atoms with E-state index in [9.17, 15) is 0 Å². The number of guanidine groups is 1. The molecule has 0 aromatic heterocycles. The number of halogens is 1. The minimum atomic E-state index is 0. The minimum absolute atomic E-state index is 0. The van der Waals surface area contributed by atoms with Crippen LogP contribution in [-0.4, -0.2) is 74.8 Å². The van der Waals surface area contributed by atoms with E-state index < -0.39 is 0 Å². The van der Waals surface area contributed by atoms with Gasteiger partial charge in [-0.15, -0.1) is 24.0 Å². The van der Waals surface area contributed by atoms with Crippen LogP contribution in [-0.2, 0) is 4.74 Å². The van der Waals surface area contributed by atoms with Crippen molar-refractivity contribution in [3.8, 4) is 0 Å². The predicted octanol–water partition coefficient (Wildman–Crippen LogP) is 2.66. The van der Waals surface area contributed by atoms with Gasteiger partial charge in [0.05, 0.1) is 13.2 Å². The Kier molecular flexibility index (Phi) is 9.30. The fourth-order valence-corrected chi connectivity index (χ4v) is 3.68. The van der Waals surface area contributed by atoms with Crippen LogP contribution >= 0.6 is 24.0 Å². The van der Waals surface area contributed by atoms with Gasteiger partial charge in [-0.25, -0.2) is 0 Å². The van der Waals surface area contributed by atoms with E-state index in [0.717, 1.165) is 51.9 Å². The van der Waals surface area contributed by atoms with E-state index in [1.165, 1.54) is 12.8 Å². The third-order valence-corrected chi connectivity index (χ3v) is 4.99. The summed E-state index contributed by atoms with van der Waals surface area (Å²) in [6.07, 6.45) is 2.46. The first-order valence-corrected chi connectivity index (χ1v) is 9.18. The Bertz CT molecular complexity index is 394. The number of likely N-dealkylation sites (tertiary alicyclic amines) is 1. The smallest absolute Gasteiger partial charge is 0.193 e. The lowest BCUT2D eigenvalue weighted by atomic mass is 9.93. The van der Waals surface area contributed by atoms with Crippen LogP contribution in [0.5, 0.6) is 0 Å². The fraction of sp³-hybridized carbons (Fsp3) is 0.944. The highest BCUT2D eigenvalue weighted by atomic mass is 127. The second-order valence-corrected chi connectivity index (χ2v) is 8.20. The molecule has 0 amide bonds. The molecular weight excluding hydrogens is 415 g/mol. The number of nitrogens with one attached hydrogen (secondary N) is 1. The predicted molar refractivity (Wildman–Crippen MR) is 112 cm³/mol. The van der Waals surface area contributed by atoms with Crippen LogP contribution in [0.15, 0.2) is 4.99 Å². The summed E-state index contributed by atoms with van der Waals surface area (Å²) >= 11 is 0. The number of hydrogen-bond donors (Lipinski definition) is 1. The van der Waals surface area contributed by atoms with E-state index in [-0.39, 0.29) is 24.0 Å². The lowest BCUT2D eigenvalue weighted by Crippen LogP contribution is -2.51. The lowest BCUT2D eigenvalue weighted by Gasteiger charge is -2.36. The highest BCUT2D eigenvalue weighted by molar-refractivity contribution is 14.0. The molecule has 2 aliphatic rings. The van der Waals surface area contributed by atoms with Crippen molar-refractivity contribution >= 4 is 29.9 Å². The van der Waals surface area contributed by atoms with Gasteiger partial charge in [-0.1, -0.05) is 27.7 Å². The molecule has 2 heterocycles. The van der Waals surface area contributed by atoms with Crippen LogP contribution in [0.3, 0.4) is 0 Å². The number of nitrogens with zero attached hydrogens (tertiary/aromatic N) is 3. The molecule has 0 spiro atoms. The van der Waals surface area contributed by atoms with Crippen molar-refractivity contribution in [3.05, 3.63) is 0 Å². The number of rotatable bonds is 5. The zero-order valence-electron chi connectivity index (χ0n) is 16.2. The van der Waals surface area contributed by atoms with Crippen LogP contribution in [0, 0.1) is 11.3 Å². The molecule has 142 valence electrons. The first-order chi connectivity index (χ1) is 10.9. The average molecular weight is 452 g/mol. The molecule has 2 fully saturated rings. The van der Waals surface area contributed by atoms with Crippen molar-refractivity contribution in [3.63, 3.8) is 0 Å². The maximum Gasteiger partial charge on any atom is 0.193 e. The monoisotopic (exact) mass is 452 g/mol. The van der Waals surface area contributed by atoms with Gasteiger partial charge in [-0.3, -0.25) is 9.89 Å². The van der Waals surface area contributed by atoms with Gasteiger partial charge in [-0.2, -0.15) is 0 Å². The second kappa shape index (κ2) is 10.2. The maximum absolute atomic E-state index is 5.51. The van der Waals surface area contributed by atoms with Gasteiger partial charge < -0.3 is 15.0 Å². The Balaban J connectivity index is 0.00000288. The summed E-state index contributed by atoms with van der Waals surface area (Å²) in [5.74, 6) is 1.77. The molecule has 2 aliphatic heterocycles. The number of morpholine rings is 1. The highest BCUT2D eigenvalue weighted by Gasteiger charge is 2.31. The Labute approximate surface area is 165 Å². The molecule has 6 heteroatoms. The normalized spacial score (nSPS) is 23.2. The van der Waals surface area contributed by atoms with Gasteiger partial charge in [0, 0.05) is 45.8 Å². The molecular formula is C18H37IN4O. The maximum atomic E-state index is 5.51. The third kappa shape index (κ3) is 6.67. The molecule has 0 aromatic carbocycles. The molecule has 0 radical (unpaired) electrons. The van der Waals surface area contributed by atoms with Crippen LogP contribution in [0.1, 0.15) is 40.5 Å². The molecule has 1 N–H and O–H groups in total. The SMILES string of the molecule is CN=C(NCC(CC(C)C)N1CCOCC1)N1CCC(C)(C)C1.I. The lowest BCUT2D eigenvalue weighted by molar-refractivity contribution is 0.0131. The summed E-state index contributed by atoms with van der Waals surface area (Å²) < 4.78 is 5.51. The Morgan fingerprint density at radius 2 is 1.88 bits per heavy atom. The molecule has 1 atom stereocenters. The summed E-state index contributed by atoms with van der Waals surface area (Å²) in [5.41, 5.74) is 0.402. The molecule has 0 bridgehead atoms. The van der Waals surface area contributed by atoms with Gasteiger partial charge in [0.1, 0.15) is 0 Å². The number of aliphatic imine (C=N–C) groups is 1. The topological polar surface area (TPSA) is 40.1 Å². The number of ether oxygens (including phenoxy) is 1. The van der Waals surface area contributed by atoms with Crippen LogP contribution in [0.25, 0.3) is 0 Å². The minimum Gasteiger partial charge on any atom is -0.379 e. The van der Waals surface area contributed by atoms with Gasteiger partial charge in [0.15, 0.2) is 5.96 Å². The molecule has 2 rings (SSSR count). The van der Waals surface area contributed by atoms with E-state index in [4.69, 9.17) is 4.74 Å². The van der Waals surface area contributed by atoms with E-state index in [2.05, 4.69) is 47.8 Å². The van der Waals surface area contributed by atoms with E-state index in [1.807, 2.05) is 7.05 Å². The highest BCUT2D eigenvalue weighted by Crippen LogP contribution is 2.28. The summed E-state index contributed by atoms with van der Waals surface area (Å²) in [7, 11) is 1.90. The molecule has 0 aromatic rings. The van der Waals surface area contributed by atoms with Crippen LogP contribution in [0.2, 0.25) is 0 Å². The van der Waals surface area contributed by atoms with Crippen molar-refractivity contribution in [2.45, 2.75) is 46.6 Å². The molecule has 0 saturated carbocycles. The summed E-state index contributed by atoms with van der Waals surface area (Å²) in [6, 6.07) is 0.561. The Hall–Kier alpha value is -0.0800. The van der Waals surface area contributed by atoms with Gasteiger partial charge in [0.25, 0.3) is 0 Å². The Morgan fingerprint density at radius 3 is 2.38 bits per heavy atom. The molecule has 2 saturated heterocycles. The van der Waals surface area contributed by atoms with Gasteiger partial charge in [0.2, 0.25) is 0 Å². The van der Waals surface area contributed by atoms with Crippen molar-refractivity contribution in [1.29, 1.82) is 0 Å². The second-order valence-electron chi connectivity index (χ2n) is 8.20. The third-order valence-electron chi connectivity index (χ3n) is 4.99. The summed E-state index contributed by atoms with van der Waals surface area (Å²) in [5, 5.41) is 3.65. The van der Waals surface area contributed by atoms with E-state index in [1.54, 1.807) is 0 Å². The first-order valence-electron chi connectivity index (χ1n) is 9.18. The molecule has 24 heavy (non-hydrogen) atoms. The summed E-state index contributed by atoms with van der Waals surface area (Å²) in [6.45, 7) is 16.3. The first kappa shape index (κ1) is 22.0. The van der Waals surface area contributed by atoms with Crippen molar-refractivity contribution in [2.24, 2.45) is 16.3 Å². The average Bonchev–Trinajstić information content (AvgIpc) is 2.87. The van der Waals surface area contributed by atoms with Crippen LogP contribution in [0.4, 0.5) is 0 Å². The van der Waals surface area contributed by atoms with Crippen LogP contribution < -0.4 is 5.32 Å². The standard InChI is InChI=1S/C18H36N4O.HI/c1-15(2)12-16(21-8-10-23-11-9-21)13-20-17(19-5)22-7-6-18(3,4)14-22;/h15-16H,6-14H2,1-5H3,(H,19,20);1H. The van der Waals surface area contributed by atoms with E-state index >= 15 is 0 Å². The van der Waals surface area contributed by atoms with Crippen molar-refractivity contribution in [1.82, 2.24) is 15.1 Å². The van der Waals surface area contributed by atoms with Gasteiger partial charge in [-0.05, 0) is 24.2 Å². The zero-order chi connectivity index (χ0) is 16.9. The Morgan fingerprint density at radius 1 is 1.21 bits per heavy atom. The molecule has 1 unspecified atom stereocenters. The molecule has 0 aliphatic carbocycles. The van der Waals surface area contributed by atoms with Crippen molar-refractivity contribution in [2.75, 3.05) is 53.0 Å². The van der Waals surface area contributed by atoms with Gasteiger partial charge >= 0.3 is 0 Å². The van der Waals surface area contributed by atoms with Crippen molar-refractivity contribution < 1.29 is 4.74 Å². The molecule has 5 nitrogen and oxygen atoms in total. The summed E-state index contributed by atoms with van der Waals surface area (Å²) in [4.78, 5) is 9.51. The van der Waals surface area contributed by atoms with E-state index in [0.29, 0.717) is 17.4 Å². The fourth-order valence-electron chi connectivity index (χ4n) is 3.68. The number of hydrogen-bond acceptors (Lipinski definition) is 3. The zero-order valence-corrected chi connectivity index (χ0v) is 18.5.